The number of aliphatic imine (C=N–C) groups is 1. The Morgan fingerprint density at radius 1 is 1.26 bits per heavy atom. The van der Waals surface area contributed by atoms with Crippen LogP contribution in [0.5, 0.6) is 5.75 Å². The van der Waals surface area contributed by atoms with E-state index in [2.05, 4.69) is 21.3 Å². The van der Waals surface area contributed by atoms with Crippen LogP contribution in [0.25, 0.3) is 11.0 Å². The van der Waals surface area contributed by atoms with Crippen LogP contribution in [0.1, 0.15) is 46.2 Å². The Kier molecular flexibility index (Phi) is 7.12. The topological polar surface area (TPSA) is 97.8 Å². The van der Waals surface area contributed by atoms with Crippen molar-refractivity contribution in [1.82, 2.24) is 19.8 Å². The van der Waals surface area contributed by atoms with Crippen molar-refractivity contribution in [1.29, 1.82) is 0 Å². The molecule has 0 saturated heterocycles. The number of benzene rings is 2. The van der Waals surface area contributed by atoms with Crippen molar-refractivity contribution >= 4 is 22.8 Å². The average molecular weight is 467 g/mol. The van der Waals surface area contributed by atoms with E-state index in [4.69, 9.17) is 15.5 Å². The summed E-state index contributed by atoms with van der Waals surface area (Å²) in [5.41, 5.74) is 10.1. The zero-order valence-corrected chi connectivity index (χ0v) is 19.8. The average Bonchev–Trinajstić information content (AvgIpc) is 3.39. The van der Waals surface area contributed by atoms with Gasteiger partial charge in [-0.2, -0.15) is 0 Å². The third-order valence-electron chi connectivity index (χ3n) is 6.23. The van der Waals surface area contributed by atoms with Gasteiger partial charge in [-0.15, -0.1) is 0 Å². The van der Waals surface area contributed by atoms with Crippen LogP contribution in [0.3, 0.4) is 0 Å². The second kappa shape index (κ2) is 10.2. The molecular weight excluding hydrogens is 435 g/mol. The third-order valence-corrected chi connectivity index (χ3v) is 6.23. The van der Waals surface area contributed by atoms with E-state index in [9.17, 15) is 9.18 Å². The fraction of sp³-hybridized carbons (Fsp3) is 0.400. The Bertz CT molecular complexity index is 1220. The molecule has 1 aromatic heterocycles. The second-order valence-corrected chi connectivity index (χ2v) is 8.65. The number of ether oxygens (including phenoxy) is 1. The molecular formula is C25H31FN6O2. The molecule has 180 valence electrons. The number of nitrogens with zero attached hydrogens (tertiary/aromatic N) is 4. The molecule has 0 saturated carbocycles. The lowest BCUT2D eigenvalue weighted by atomic mass is 10.0. The maximum atomic E-state index is 13.4. The minimum Gasteiger partial charge on any atom is -0.494 e. The normalized spacial score (nSPS) is 14.9. The van der Waals surface area contributed by atoms with Crippen LogP contribution in [-0.2, 0) is 20.1 Å². The molecule has 0 bridgehead atoms. The number of methoxy groups -OCH3 is 1. The van der Waals surface area contributed by atoms with Crippen LogP contribution in [0.4, 0.5) is 4.39 Å². The largest absolute Gasteiger partial charge is 0.494 e. The van der Waals surface area contributed by atoms with Gasteiger partial charge in [0.25, 0.3) is 5.91 Å². The summed E-state index contributed by atoms with van der Waals surface area (Å²) in [5, 5.41) is 3.20. The first-order valence-electron chi connectivity index (χ1n) is 11.4. The van der Waals surface area contributed by atoms with Gasteiger partial charge in [-0.05, 0) is 49.2 Å². The monoisotopic (exact) mass is 466 g/mol. The van der Waals surface area contributed by atoms with Crippen LogP contribution < -0.4 is 15.8 Å². The number of rotatable bonds is 9. The molecule has 3 N–H and O–H groups in total. The summed E-state index contributed by atoms with van der Waals surface area (Å²) in [7, 11) is 5.58. The Hall–Kier alpha value is -3.46. The molecule has 8 nitrogen and oxygen atoms in total. The highest BCUT2D eigenvalue weighted by molar-refractivity contribution is 5.96. The van der Waals surface area contributed by atoms with Crippen LogP contribution in [0.15, 0.2) is 41.4 Å². The first kappa shape index (κ1) is 23.7. The maximum Gasteiger partial charge on any atom is 0.252 e. The number of nitrogens with two attached hydrogens (primary N) is 1. The van der Waals surface area contributed by atoms with Crippen molar-refractivity contribution < 1.29 is 13.9 Å². The zero-order valence-electron chi connectivity index (χ0n) is 19.8. The summed E-state index contributed by atoms with van der Waals surface area (Å²) >= 11 is 0. The number of hydrogen-bond acceptors (Lipinski definition) is 5. The van der Waals surface area contributed by atoms with E-state index in [-0.39, 0.29) is 17.8 Å². The number of imidazole rings is 1. The van der Waals surface area contributed by atoms with E-state index < -0.39 is 6.67 Å². The smallest absolute Gasteiger partial charge is 0.252 e. The van der Waals surface area contributed by atoms with Crippen molar-refractivity contribution in [2.75, 3.05) is 27.4 Å². The van der Waals surface area contributed by atoms with Gasteiger partial charge in [0.05, 0.1) is 18.7 Å². The Labute approximate surface area is 198 Å². The van der Waals surface area contributed by atoms with Crippen molar-refractivity contribution in [2.24, 2.45) is 17.8 Å². The minimum atomic E-state index is -0.766. The number of nitrogens with one attached hydrogen (secondary N) is 1. The lowest BCUT2D eigenvalue weighted by Crippen LogP contribution is -2.31. The Morgan fingerprint density at radius 2 is 2.06 bits per heavy atom. The predicted octanol–water partition coefficient (Wildman–Crippen LogP) is 3.11. The lowest BCUT2D eigenvalue weighted by Gasteiger charge is -2.19. The van der Waals surface area contributed by atoms with Crippen LogP contribution in [0, 0.1) is 0 Å². The predicted molar refractivity (Wildman–Crippen MR) is 131 cm³/mol. The van der Waals surface area contributed by atoms with E-state index in [1.165, 1.54) is 5.56 Å². The minimum absolute atomic E-state index is 0.0166. The molecule has 1 aliphatic heterocycles. The SMILES string of the molecule is COc1cccc2c1nc([C@H](CCCN=C(N)CF)NC(=O)c1cccc3c1CN(C)C3)n2C. The van der Waals surface area contributed by atoms with Gasteiger partial charge < -0.3 is 20.4 Å². The number of halogens is 1. The Balaban J connectivity index is 1.64. The molecule has 4 rings (SSSR count). The Morgan fingerprint density at radius 3 is 2.82 bits per heavy atom. The van der Waals surface area contributed by atoms with Gasteiger partial charge in [0, 0.05) is 32.2 Å². The molecule has 0 radical (unpaired) electrons. The van der Waals surface area contributed by atoms with E-state index in [1.807, 2.05) is 49.0 Å². The molecule has 1 atom stereocenters. The fourth-order valence-electron chi connectivity index (χ4n) is 4.54. The van der Waals surface area contributed by atoms with Crippen molar-refractivity contribution in [3.63, 3.8) is 0 Å². The van der Waals surface area contributed by atoms with Gasteiger partial charge in [-0.25, -0.2) is 9.37 Å². The number of alkyl halides is 1. The quantitative estimate of drug-likeness (QED) is 0.287. The molecule has 0 fully saturated rings. The van der Waals surface area contributed by atoms with Gasteiger partial charge >= 0.3 is 0 Å². The molecule has 0 aliphatic carbocycles. The highest BCUT2D eigenvalue weighted by Gasteiger charge is 2.26. The number of fused-ring (bicyclic) bond motifs is 2. The summed E-state index contributed by atoms with van der Waals surface area (Å²) in [6.45, 7) is 1.18. The number of carbonyl (C=O) groups is 1. The number of aryl methyl sites for hydroxylation is 1. The summed E-state index contributed by atoms with van der Waals surface area (Å²) in [5.74, 6) is 1.24. The number of amides is 1. The molecule has 1 aliphatic rings. The highest BCUT2D eigenvalue weighted by atomic mass is 19.1. The van der Waals surface area contributed by atoms with Crippen molar-refractivity contribution in [3.8, 4) is 5.75 Å². The molecule has 3 aromatic rings. The molecule has 0 unspecified atom stereocenters. The third kappa shape index (κ3) is 4.75. The standard InChI is InChI=1S/C25H31FN6O2/c1-31-14-16-7-4-8-17(18(16)15-31)25(33)29-19(9-6-12-28-22(27)13-26)24-30-23-20(32(24)2)10-5-11-21(23)34-3/h4-5,7-8,10-11,19H,6,9,12-15H2,1-3H3,(H2,27,28)(H,29,33)/t19-/m0/s1. The summed E-state index contributed by atoms with van der Waals surface area (Å²) in [6, 6.07) is 11.2. The first-order valence-corrected chi connectivity index (χ1v) is 11.4. The van der Waals surface area contributed by atoms with E-state index in [0.29, 0.717) is 30.7 Å². The number of carbonyl (C=O) groups excluding carboxylic acids is 1. The van der Waals surface area contributed by atoms with E-state index in [1.54, 1.807) is 7.11 Å². The van der Waals surface area contributed by atoms with Crippen LogP contribution >= 0.6 is 0 Å². The number of para-hydroxylation sites is 1. The van der Waals surface area contributed by atoms with Gasteiger partial charge in [0.15, 0.2) is 0 Å². The molecule has 34 heavy (non-hydrogen) atoms. The number of amidine groups is 1. The fourth-order valence-corrected chi connectivity index (χ4v) is 4.54. The zero-order chi connectivity index (χ0) is 24.2. The summed E-state index contributed by atoms with van der Waals surface area (Å²) in [4.78, 5) is 24.5. The number of hydrogen-bond donors (Lipinski definition) is 2. The van der Waals surface area contributed by atoms with Gasteiger partial charge in [0.2, 0.25) is 0 Å². The lowest BCUT2D eigenvalue weighted by molar-refractivity contribution is 0.0930. The van der Waals surface area contributed by atoms with Gasteiger partial charge in [-0.3, -0.25) is 14.7 Å². The van der Waals surface area contributed by atoms with Gasteiger partial charge in [0.1, 0.15) is 29.6 Å². The van der Waals surface area contributed by atoms with Crippen molar-refractivity contribution in [3.05, 3.63) is 58.9 Å². The van der Waals surface area contributed by atoms with Crippen LogP contribution in [-0.4, -0.2) is 53.6 Å². The second-order valence-electron chi connectivity index (χ2n) is 8.65. The molecule has 1 amide bonds. The van der Waals surface area contributed by atoms with E-state index >= 15 is 0 Å². The summed E-state index contributed by atoms with van der Waals surface area (Å²) < 4.78 is 20.1. The van der Waals surface area contributed by atoms with Crippen molar-refractivity contribution in [2.45, 2.75) is 32.0 Å². The first-order chi connectivity index (χ1) is 16.4. The van der Waals surface area contributed by atoms with Crippen LogP contribution in [0.2, 0.25) is 0 Å². The molecule has 2 aromatic carbocycles. The summed E-state index contributed by atoms with van der Waals surface area (Å²) in [6.07, 6.45) is 1.19. The highest BCUT2D eigenvalue weighted by Crippen LogP contribution is 2.30. The van der Waals surface area contributed by atoms with E-state index in [0.717, 1.165) is 35.5 Å². The molecule has 2 heterocycles. The molecule has 9 heteroatoms. The molecule has 0 spiro atoms. The number of aromatic nitrogens is 2. The van der Waals surface area contributed by atoms with Gasteiger partial charge in [-0.1, -0.05) is 18.2 Å². The maximum absolute atomic E-state index is 13.4.